The third kappa shape index (κ3) is 4.56. The highest BCUT2D eigenvalue weighted by molar-refractivity contribution is 6.33. The van der Waals surface area contributed by atoms with E-state index in [9.17, 15) is 9.59 Å². The summed E-state index contributed by atoms with van der Waals surface area (Å²) in [6.07, 6.45) is 3.22. The van der Waals surface area contributed by atoms with Crippen LogP contribution in [0, 0.1) is 0 Å². The van der Waals surface area contributed by atoms with Crippen molar-refractivity contribution in [3.8, 4) is 0 Å². The molecule has 0 saturated carbocycles. The van der Waals surface area contributed by atoms with Gasteiger partial charge in [0.15, 0.2) is 0 Å². The number of rotatable bonds is 6. The Labute approximate surface area is 139 Å². The summed E-state index contributed by atoms with van der Waals surface area (Å²) >= 11 is 5.95. The van der Waals surface area contributed by atoms with E-state index >= 15 is 0 Å². The van der Waals surface area contributed by atoms with Gasteiger partial charge in [-0.2, -0.15) is 5.10 Å². The molecule has 0 aliphatic carbocycles. The molecule has 0 bridgehead atoms. The van der Waals surface area contributed by atoms with Crippen LogP contribution in [0.1, 0.15) is 40.6 Å². The fourth-order valence-corrected chi connectivity index (χ4v) is 2.15. The van der Waals surface area contributed by atoms with E-state index < -0.39 is 0 Å². The van der Waals surface area contributed by atoms with Crippen molar-refractivity contribution in [2.75, 3.05) is 13.1 Å². The highest BCUT2D eigenvalue weighted by Gasteiger charge is 2.11. The molecule has 2 N–H and O–H groups in total. The monoisotopic (exact) mass is 334 g/mol. The van der Waals surface area contributed by atoms with Gasteiger partial charge in [-0.15, -0.1) is 0 Å². The van der Waals surface area contributed by atoms with Crippen molar-refractivity contribution in [2.24, 2.45) is 0 Å². The summed E-state index contributed by atoms with van der Waals surface area (Å²) in [7, 11) is 0. The van der Waals surface area contributed by atoms with E-state index in [1.165, 1.54) is 6.20 Å². The maximum atomic E-state index is 12.0. The molecule has 2 rings (SSSR count). The Morgan fingerprint density at radius 3 is 2.43 bits per heavy atom. The van der Waals surface area contributed by atoms with Gasteiger partial charge in [-0.05, 0) is 26.0 Å². The first-order chi connectivity index (χ1) is 11.0. The molecule has 0 atom stereocenters. The van der Waals surface area contributed by atoms with Gasteiger partial charge in [0.1, 0.15) is 0 Å². The van der Waals surface area contributed by atoms with Gasteiger partial charge in [0.2, 0.25) is 0 Å². The second-order valence-corrected chi connectivity index (χ2v) is 5.70. The van der Waals surface area contributed by atoms with Crippen molar-refractivity contribution in [1.82, 2.24) is 20.4 Å². The van der Waals surface area contributed by atoms with E-state index in [1.54, 1.807) is 35.1 Å². The first-order valence-electron chi connectivity index (χ1n) is 7.34. The maximum Gasteiger partial charge on any atom is 0.254 e. The lowest BCUT2D eigenvalue weighted by atomic mass is 10.2. The summed E-state index contributed by atoms with van der Waals surface area (Å²) in [5, 5.41) is 9.96. The molecule has 0 saturated heterocycles. The maximum absolute atomic E-state index is 12.0. The zero-order valence-electron chi connectivity index (χ0n) is 13.0. The lowest BCUT2D eigenvalue weighted by Crippen LogP contribution is -2.34. The predicted molar refractivity (Wildman–Crippen MR) is 88.7 cm³/mol. The van der Waals surface area contributed by atoms with Crippen LogP contribution in [0.2, 0.25) is 5.02 Å². The number of nitrogens with one attached hydrogen (secondary N) is 2. The molecule has 0 radical (unpaired) electrons. The van der Waals surface area contributed by atoms with Crippen molar-refractivity contribution in [3.05, 3.63) is 52.8 Å². The molecule has 1 aromatic heterocycles. The molecule has 2 aromatic rings. The number of aromatic nitrogens is 2. The second-order valence-electron chi connectivity index (χ2n) is 5.29. The number of hydrogen-bond acceptors (Lipinski definition) is 3. The number of nitrogens with zero attached hydrogens (tertiary/aromatic N) is 2. The standard InChI is InChI=1S/C16H19ClN4O2/c1-11(2)21-10-12(9-20-21)15(22)18-7-8-19-16(23)13-5-3-4-6-14(13)17/h3-6,9-11H,7-8H2,1-2H3,(H,18,22)(H,19,23). The van der Waals surface area contributed by atoms with Gasteiger partial charge >= 0.3 is 0 Å². The van der Waals surface area contributed by atoms with Crippen LogP contribution in [0.25, 0.3) is 0 Å². The number of hydrogen-bond donors (Lipinski definition) is 2. The Kier molecular flexibility index (Phi) is 5.76. The molecule has 1 aromatic carbocycles. The van der Waals surface area contributed by atoms with Crippen LogP contribution < -0.4 is 10.6 Å². The molecular formula is C16H19ClN4O2. The average molecular weight is 335 g/mol. The molecule has 122 valence electrons. The van der Waals surface area contributed by atoms with E-state index in [1.807, 2.05) is 13.8 Å². The highest BCUT2D eigenvalue weighted by atomic mass is 35.5. The third-order valence-corrected chi connectivity index (χ3v) is 3.54. The van der Waals surface area contributed by atoms with Crippen LogP contribution in [0.5, 0.6) is 0 Å². The molecule has 6 nitrogen and oxygen atoms in total. The largest absolute Gasteiger partial charge is 0.350 e. The molecule has 1 heterocycles. The average Bonchev–Trinajstić information content (AvgIpc) is 3.02. The van der Waals surface area contributed by atoms with Gasteiger partial charge in [-0.3, -0.25) is 14.3 Å². The Balaban J connectivity index is 1.77. The summed E-state index contributed by atoms with van der Waals surface area (Å²) in [6.45, 7) is 4.61. The van der Waals surface area contributed by atoms with Gasteiger partial charge in [0, 0.05) is 25.3 Å². The Morgan fingerprint density at radius 1 is 1.17 bits per heavy atom. The van der Waals surface area contributed by atoms with Crippen molar-refractivity contribution in [3.63, 3.8) is 0 Å². The van der Waals surface area contributed by atoms with Crippen molar-refractivity contribution in [1.29, 1.82) is 0 Å². The van der Waals surface area contributed by atoms with Gasteiger partial charge < -0.3 is 10.6 Å². The van der Waals surface area contributed by atoms with E-state index in [4.69, 9.17) is 11.6 Å². The molecule has 2 amide bonds. The minimum absolute atomic E-state index is 0.200. The van der Waals surface area contributed by atoms with Crippen LogP contribution in [-0.2, 0) is 0 Å². The number of benzene rings is 1. The van der Waals surface area contributed by atoms with Crippen molar-refractivity contribution in [2.45, 2.75) is 19.9 Å². The second kappa shape index (κ2) is 7.78. The summed E-state index contributed by atoms with van der Waals surface area (Å²) in [4.78, 5) is 23.9. The van der Waals surface area contributed by atoms with Crippen molar-refractivity contribution >= 4 is 23.4 Å². The van der Waals surface area contributed by atoms with Gasteiger partial charge in [0.05, 0.1) is 22.3 Å². The summed E-state index contributed by atoms with van der Waals surface area (Å²) < 4.78 is 1.72. The Hall–Kier alpha value is -2.34. The first-order valence-corrected chi connectivity index (χ1v) is 7.72. The van der Waals surface area contributed by atoms with Crippen LogP contribution in [-0.4, -0.2) is 34.7 Å². The number of halogens is 1. The van der Waals surface area contributed by atoms with E-state index in [-0.39, 0.29) is 17.9 Å². The van der Waals surface area contributed by atoms with E-state index in [2.05, 4.69) is 15.7 Å². The molecule has 0 aliphatic heterocycles. The minimum atomic E-state index is -0.266. The smallest absolute Gasteiger partial charge is 0.254 e. The summed E-state index contributed by atoms with van der Waals surface area (Å²) in [5.74, 6) is -0.485. The lowest BCUT2D eigenvalue weighted by Gasteiger charge is -2.07. The fourth-order valence-electron chi connectivity index (χ4n) is 1.93. The summed E-state index contributed by atoms with van der Waals surface area (Å²) in [6, 6.07) is 7.01. The van der Waals surface area contributed by atoms with Crippen LogP contribution in [0.3, 0.4) is 0 Å². The Morgan fingerprint density at radius 2 is 1.83 bits per heavy atom. The van der Waals surface area contributed by atoms with Crippen LogP contribution in [0.4, 0.5) is 0 Å². The zero-order chi connectivity index (χ0) is 16.8. The topological polar surface area (TPSA) is 76.0 Å². The number of amides is 2. The molecule has 0 spiro atoms. The SMILES string of the molecule is CC(C)n1cc(C(=O)NCCNC(=O)c2ccccc2Cl)cn1. The highest BCUT2D eigenvalue weighted by Crippen LogP contribution is 2.14. The zero-order valence-corrected chi connectivity index (χ0v) is 13.8. The van der Waals surface area contributed by atoms with Crippen molar-refractivity contribution < 1.29 is 9.59 Å². The first kappa shape index (κ1) is 17.0. The molecule has 0 fully saturated rings. The normalized spacial score (nSPS) is 10.6. The minimum Gasteiger partial charge on any atom is -0.350 e. The van der Waals surface area contributed by atoms with E-state index in [0.717, 1.165) is 0 Å². The molecule has 7 heteroatoms. The van der Waals surface area contributed by atoms with Gasteiger partial charge in [-0.25, -0.2) is 0 Å². The number of carbonyl (C=O) groups is 2. The predicted octanol–water partition coefficient (Wildman–Crippen LogP) is 2.28. The summed E-state index contributed by atoms with van der Waals surface area (Å²) in [5.41, 5.74) is 0.912. The number of carbonyl (C=O) groups excluding carboxylic acids is 2. The van der Waals surface area contributed by atoms with Gasteiger partial charge in [0.25, 0.3) is 11.8 Å². The fraction of sp³-hybridized carbons (Fsp3) is 0.312. The molecule has 0 unspecified atom stereocenters. The van der Waals surface area contributed by atoms with Crippen LogP contribution in [0.15, 0.2) is 36.7 Å². The van der Waals surface area contributed by atoms with Gasteiger partial charge in [-0.1, -0.05) is 23.7 Å². The molecule has 0 aliphatic rings. The molecular weight excluding hydrogens is 316 g/mol. The van der Waals surface area contributed by atoms with Crippen LogP contribution >= 0.6 is 11.6 Å². The Bertz CT molecular complexity index is 697. The third-order valence-electron chi connectivity index (χ3n) is 3.21. The lowest BCUT2D eigenvalue weighted by molar-refractivity contribution is 0.0927. The quantitative estimate of drug-likeness (QED) is 0.796. The molecule has 23 heavy (non-hydrogen) atoms. The van der Waals surface area contributed by atoms with E-state index in [0.29, 0.717) is 29.2 Å².